The molecule has 0 spiro atoms. The predicted molar refractivity (Wildman–Crippen MR) is 87.0 cm³/mol. The zero-order chi connectivity index (χ0) is 16.6. The Morgan fingerprint density at radius 1 is 1.35 bits per heavy atom. The van der Waals surface area contributed by atoms with Crippen LogP contribution in [0.3, 0.4) is 0 Å². The van der Waals surface area contributed by atoms with Crippen LogP contribution in [0.4, 0.5) is 5.69 Å². The Balaban J connectivity index is 1.73. The highest BCUT2D eigenvalue weighted by atomic mass is 79.9. The molecule has 2 fully saturated rings. The van der Waals surface area contributed by atoms with Crippen LogP contribution in [0.15, 0.2) is 28.7 Å². The number of anilines is 1. The summed E-state index contributed by atoms with van der Waals surface area (Å²) in [7, 11) is 0. The van der Waals surface area contributed by atoms with Gasteiger partial charge in [-0.25, -0.2) is 0 Å². The Bertz CT molecular complexity index is 659. The summed E-state index contributed by atoms with van der Waals surface area (Å²) < 4.78 is 0.864. The molecule has 0 radical (unpaired) electrons. The molecule has 1 aliphatic heterocycles. The third-order valence-electron chi connectivity index (χ3n) is 4.17. The summed E-state index contributed by atoms with van der Waals surface area (Å²) in [5, 5.41) is 8.99. The Morgan fingerprint density at radius 3 is 2.70 bits per heavy atom. The topological polar surface area (TPSA) is 77.9 Å². The van der Waals surface area contributed by atoms with E-state index >= 15 is 0 Å². The minimum Gasteiger partial charge on any atom is -0.480 e. The van der Waals surface area contributed by atoms with Crippen LogP contribution in [-0.4, -0.2) is 46.9 Å². The second-order valence-electron chi connectivity index (χ2n) is 5.98. The van der Waals surface area contributed by atoms with E-state index in [1.165, 1.54) is 4.90 Å². The lowest BCUT2D eigenvalue weighted by atomic mass is 10.1. The van der Waals surface area contributed by atoms with E-state index in [1.807, 2.05) is 24.3 Å². The number of carboxylic acid groups (broad SMARTS) is 1. The van der Waals surface area contributed by atoms with Crippen molar-refractivity contribution in [2.75, 3.05) is 18.0 Å². The lowest BCUT2D eigenvalue weighted by Crippen LogP contribution is -2.42. The Hall–Kier alpha value is -1.89. The fourth-order valence-electron chi connectivity index (χ4n) is 2.92. The number of amides is 2. The molecule has 122 valence electrons. The molecule has 1 aliphatic carbocycles. The van der Waals surface area contributed by atoms with E-state index in [1.54, 1.807) is 4.90 Å². The van der Waals surface area contributed by atoms with Crippen molar-refractivity contribution in [3.8, 4) is 0 Å². The molecule has 1 aromatic rings. The molecule has 1 heterocycles. The van der Waals surface area contributed by atoms with Crippen molar-refractivity contribution >= 4 is 39.4 Å². The monoisotopic (exact) mass is 380 g/mol. The smallest absolute Gasteiger partial charge is 0.323 e. The van der Waals surface area contributed by atoms with E-state index in [-0.39, 0.29) is 30.8 Å². The van der Waals surface area contributed by atoms with Gasteiger partial charge in [0.05, 0.1) is 5.92 Å². The highest BCUT2D eigenvalue weighted by molar-refractivity contribution is 9.10. The first-order valence-corrected chi connectivity index (χ1v) is 8.33. The maximum atomic E-state index is 12.6. The van der Waals surface area contributed by atoms with Gasteiger partial charge in [-0.2, -0.15) is 0 Å². The summed E-state index contributed by atoms with van der Waals surface area (Å²) in [6, 6.07) is 7.39. The number of carbonyl (C=O) groups is 3. The second kappa shape index (κ2) is 6.31. The molecule has 1 atom stereocenters. The van der Waals surface area contributed by atoms with E-state index in [0.29, 0.717) is 6.54 Å². The third-order valence-corrected chi connectivity index (χ3v) is 4.66. The first-order chi connectivity index (χ1) is 11.0. The molecule has 2 aliphatic rings. The standard InChI is InChI=1S/C16H17BrN2O4/c17-11-2-1-3-13(7-11)18-8-10(6-14(18)20)16(23)19(9-15(21)22)12-4-5-12/h1-3,7,10,12H,4-6,8-9H2,(H,21,22). The number of nitrogens with zero attached hydrogens (tertiary/aromatic N) is 2. The molecule has 1 saturated carbocycles. The average Bonchev–Trinajstić information content (AvgIpc) is 3.26. The van der Waals surface area contributed by atoms with Crippen LogP contribution in [0.25, 0.3) is 0 Å². The van der Waals surface area contributed by atoms with Crippen molar-refractivity contribution in [2.45, 2.75) is 25.3 Å². The van der Waals surface area contributed by atoms with Crippen LogP contribution in [0, 0.1) is 5.92 Å². The Kier molecular flexibility index (Phi) is 4.39. The van der Waals surface area contributed by atoms with Gasteiger partial charge in [-0.1, -0.05) is 22.0 Å². The molecule has 6 nitrogen and oxygen atoms in total. The van der Waals surface area contributed by atoms with E-state index in [9.17, 15) is 14.4 Å². The lowest BCUT2D eigenvalue weighted by molar-refractivity contribution is -0.146. The van der Waals surface area contributed by atoms with E-state index in [4.69, 9.17) is 5.11 Å². The van der Waals surface area contributed by atoms with Crippen molar-refractivity contribution in [3.63, 3.8) is 0 Å². The molecule has 1 N–H and O–H groups in total. The van der Waals surface area contributed by atoms with Gasteiger partial charge in [0.1, 0.15) is 6.54 Å². The Morgan fingerprint density at radius 2 is 2.09 bits per heavy atom. The van der Waals surface area contributed by atoms with E-state index in [2.05, 4.69) is 15.9 Å². The van der Waals surface area contributed by atoms with Gasteiger partial charge in [-0.3, -0.25) is 14.4 Å². The van der Waals surface area contributed by atoms with Gasteiger partial charge in [0.2, 0.25) is 11.8 Å². The quantitative estimate of drug-likeness (QED) is 0.845. The van der Waals surface area contributed by atoms with E-state index in [0.717, 1.165) is 23.0 Å². The molecular formula is C16H17BrN2O4. The van der Waals surface area contributed by atoms with Crippen LogP contribution in [-0.2, 0) is 14.4 Å². The van der Waals surface area contributed by atoms with Crippen molar-refractivity contribution in [3.05, 3.63) is 28.7 Å². The molecule has 0 bridgehead atoms. The molecule has 1 saturated heterocycles. The summed E-state index contributed by atoms with van der Waals surface area (Å²) >= 11 is 3.37. The largest absolute Gasteiger partial charge is 0.480 e. The summed E-state index contributed by atoms with van der Waals surface area (Å²) in [6.45, 7) is 0.0159. The summed E-state index contributed by atoms with van der Waals surface area (Å²) in [5.74, 6) is -1.81. The van der Waals surface area contributed by atoms with Gasteiger partial charge < -0.3 is 14.9 Å². The number of hydrogen-bond acceptors (Lipinski definition) is 3. The maximum absolute atomic E-state index is 12.6. The molecular weight excluding hydrogens is 364 g/mol. The van der Waals surface area contributed by atoms with Gasteiger partial charge in [0.15, 0.2) is 0 Å². The number of benzene rings is 1. The average molecular weight is 381 g/mol. The van der Waals surface area contributed by atoms with E-state index < -0.39 is 11.9 Å². The molecule has 1 unspecified atom stereocenters. The minimum absolute atomic E-state index is 0.0219. The van der Waals surface area contributed by atoms with Crippen molar-refractivity contribution < 1.29 is 19.5 Å². The highest BCUT2D eigenvalue weighted by Gasteiger charge is 2.42. The van der Waals surface area contributed by atoms with Crippen LogP contribution < -0.4 is 4.90 Å². The van der Waals surface area contributed by atoms with Gasteiger partial charge in [0, 0.05) is 29.2 Å². The number of hydrogen-bond donors (Lipinski definition) is 1. The summed E-state index contributed by atoms with van der Waals surface area (Å²) in [5.41, 5.74) is 0.746. The van der Waals surface area contributed by atoms with Crippen LogP contribution >= 0.6 is 15.9 Å². The second-order valence-corrected chi connectivity index (χ2v) is 6.89. The summed E-state index contributed by atoms with van der Waals surface area (Å²) in [6.07, 6.45) is 1.82. The zero-order valence-corrected chi connectivity index (χ0v) is 14.0. The van der Waals surface area contributed by atoms with Gasteiger partial charge in [-0.05, 0) is 31.0 Å². The highest BCUT2D eigenvalue weighted by Crippen LogP contribution is 2.32. The number of aliphatic carboxylic acids is 1. The molecule has 3 rings (SSSR count). The lowest BCUT2D eigenvalue weighted by Gasteiger charge is -2.24. The maximum Gasteiger partial charge on any atom is 0.323 e. The fourth-order valence-corrected chi connectivity index (χ4v) is 3.31. The minimum atomic E-state index is -1.02. The number of rotatable bonds is 5. The SMILES string of the molecule is O=C(O)CN(C(=O)C1CC(=O)N(c2cccc(Br)c2)C1)C1CC1. The van der Waals surface area contributed by atoms with Crippen molar-refractivity contribution in [1.82, 2.24) is 4.90 Å². The number of carboxylic acids is 1. The molecule has 23 heavy (non-hydrogen) atoms. The number of carbonyl (C=O) groups excluding carboxylic acids is 2. The molecule has 1 aromatic carbocycles. The normalized spacial score (nSPS) is 20.7. The van der Waals surface area contributed by atoms with Crippen molar-refractivity contribution in [2.24, 2.45) is 5.92 Å². The first kappa shape index (κ1) is 16.0. The van der Waals surface area contributed by atoms with Gasteiger partial charge in [0.25, 0.3) is 0 Å². The Labute approximate surface area is 142 Å². The van der Waals surface area contributed by atoms with Crippen LogP contribution in [0.1, 0.15) is 19.3 Å². The first-order valence-electron chi connectivity index (χ1n) is 7.54. The predicted octanol–water partition coefficient (Wildman–Crippen LogP) is 1.88. The van der Waals surface area contributed by atoms with Crippen LogP contribution in [0.5, 0.6) is 0 Å². The zero-order valence-electron chi connectivity index (χ0n) is 12.4. The number of halogens is 1. The summed E-state index contributed by atoms with van der Waals surface area (Å²) in [4.78, 5) is 38.9. The van der Waals surface area contributed by atoms with Crippen molar-refractivity contribution in [1.29, 1.82) is 0 Å². The van der Waals surface area contributed by atoms with Gasteiger partial charge in [-0.15, -0.1) is 0 Å². The molecule has 2 amide bonds. The van der Waals surface area contributed by atoms with Crippen LogP contribution in [0.2, 0.25) is 0 Å². The van der Waals surface area contributed by atoms with Gasteiger partial charge >= 0.3 is 5.97 Å². The molecule has 0 aromatic heterocycles. The fraction of sp³-hybridized carbons (Fsp3) is 0.438. The molecule has 7 heteroatoms. The third kappa shape index (κ3) is 3.55.